The normalized spacial score (nSPS) is 12.5. The zero-order valence-corrected chi connectivity index (χ0v) is 8.93. The molecule has 0 aliphatic rings. The topological polar surface area (TPSA) is 38.3 Å². The quantitative estimate of drug-likeness (QED) is 0.487. The van der Waals surface area contributed by atoms with Gasteiger partial charge in [-0.3, -0.25) is 4.79 Å². The number of ether oxygens (including phenoxy) is 1. The van der Waals surface area contributed by atoms with Crippen molar-refractivity contribution in [1.29, 1.82) is 0 Å². The van der Waals surface area contributed by atoms with Gasteiger partial charge in [-0.1, -0.05) is 26.2 Å². The Hall–Kier alpha value is -0.570. The molecule has 0 aliphatic carbocycles. The van der Waals surface area contributed by atoms with E-state index >= 15 is 0 Å². The number of hydrogen-bond donors (Lipinski definition) is 1. The van der Waals surface area contributed by atoms with Gasteiger partial charge in [-0.2, -0.15) is 0 Å². The first-order chi connectivity index (χ1) is 6.22. The molecule has 0 aromatic rings. The van der Waals surface area contributed by atoms with Crippen molar-refractivity contribution in [3.63, 3.8) is 0 Å². The lowest BCUT2D eigenvalue weighted by Crippen LogP contribution is -2.32. The van der Waals surface area contributed by atoms with Gasteiger partial charge in [0, 0.05) is 0 Å². The fourth-order valence-electron chi connectivity index (χ4n) is 0.944. The third kappa shape index (κ3) is 6.58. The van der Waals surface area contributed by atoms with E-state index in [1.807, 2.05) is 0 Å². The molecule has 1 atom stereocenters. The van der Waals surface area contributed by atoms with Crippen LogP contribution in [0.3, 0.4) is 0 Å². The van der Waals surface area contributed by atoms with Crippen LogP contribution in [0, 0.1) is 0 Å². The van der Waals surface area contributed by atoms with Crippen LogP contribution >= 0.6 is 0 Å². The summed E-state index contributed by atoms with van der Waals surface area (Å²) < 4.78 is 5.04. The van der Waals surface area contributed by atoms with E-state index in [0.717, 1.165) is 12.8 Å². The summed E-state index contributed by atoms with van der Waals surface area (Å²) in [4.78, 5) is 11.1. The van der Waals surface area contributed by atoms with Crippen LogP contribution in [0.5, 0.6) is 0 Å². The molecule has 0 spiro atoms. The Morgan fingerprint density at radius 1 is 1.38 bits per heavy atom. The number of carbonyl (C=O) groups is 1. The highest BCUT2D eigenvalue weighted by atomic mass is 16.5. The van der Waals surface area contributed by atoms with E-state index in [0.29, 0.717) is 6.61 Å². The second-order valence-electron chi connectivity index (χ2n) is 3.24. The van der Waals surface area contributed by atoms with E-state index in [2.05, 4.69) is 12.2 Å². The standard InChI is InChI=1S/C10H21NO2/c1-4-5-6-7-8-13-10(12)9(2)11-3/h9,11H,4-8H2,1-3H3/t9-/m0/s1. The van der Waals surface area contributed by atoms with Crippen molar-refractivity contribution < 1.29 is 9.53 Å². The highest BCUT2D eigenvalue weighted by Gasteiger charge is 2.10. The summed E-state index contributed by atoms with van der Waals surface area (Å²) in [6, 6.07) is -0.189. The molecule has 0 heterocycles. The molecule has 0 bridgehead atoms. The maximum Gasteiger partial charge on any atom is 0.322 e. The zero-order valence-electron chi connectivity index (χ0n) is 8.93. The van der Waals surface area contributed by atoms with Gasteiger partial charge < -0.3 is 10.1 Å². The van der Waals surface area contributed by atoms with E-state index in [4.69, 9.17) is 4.74 Å². The van der Waals surface area contributed by atoms with E-state index < -0.39 is 0 Å². The summed E-state index contributed by atoms with van der Waals surface area (Å²) in [7, 11) is 1.75. The van der Waals surface area contributed by atoms with Crippen molar-refractivity contribution in [3.8, 4) is 0 Å². The predicted molar refractivity (Wildman–Crippen MR) is 53.6 cm³/mol. The molecular formula is C10H21NO2. The van der Waals surface area contributed by atoms with E-state index in [9.17, 15) is 4.79 Å². The molecule has 3 heteroatoms. The molecule has 0 aromatic carbocycles. The van der Waals surface area contributed by atoms with Gasteiger partial charge in [-0.15, -0.1) is 0 Å². The molecule has 0 saturated carbocycles. The average Bonchev–Trinajstić information content (AvgIpc) is 2.16. The largest absolute Gasteiger partial charge is 0.465 e. The highest BCUT2D eigenvalue weighted by molar-refractivity contribution is 5.75. The fraction of sp³-hybridized carbons (Fsp3) is 0.900. The van der Waals surface area contributed by atoms with Gasteiger partial charge in [0.25, 0.3) is 0 Å². The maximum absolute atomic E-state index is 11.1. The van der Waals surface area contributed by atoms with Crippen LogP contribution in [0.15, 0.2) is 0 Å². The van der Waals surface area contributed by atoms with Crippen LogP contribution in [0.4, 0.5) is 0 Å². The smallest absolute Gasteiger partial charge is 0.322 e. The Balaban J connectivity index is 3.27. The monoisotopic (exact) mass is 187 g/mol. The maximum atomic E-state index is 11.1. The first kappa shape index (κ1) is 12.4. The Morgan fingerprint density at radius 3 is 2.62 bits per heavy atom. The average molecular weight is 187 g/mol. The number of likely N-dealkylation sites (N-methyl/N-ethyl adjacent to an activating group) is 1. The summed E-state index contributed by atoms with van der Waals surface area (Å²) in [5.41, 5.74) is 0. The minimum Gasteiger partial charge on any atom is -0.465 e. The number of esters is 1. The Morgan fingerprint density at radius 2 is 2.08 bits per heavy atom. The van der Waals surface area contributed by atoms with Crippen molar-refractivity contribution in [2.45, 2.75) is 45.6 Å². The SMILES string of the molecule is CCCCCCOC(=O)[C@H](C)NC. The van der Waals surface area contributed by atoms with Crippen LogP contribution in [-0.2, 0) is 9.53 Å². The lowest BCUT2D eigenvalue weighted by molar-refractivity contribution is -0.145. The van der Waals surface area contributed by atoms with Crippen molar-refractivity contribution in [3.05, 3.63) is 0 Å². The van der Waals surface area contributed by atoms with Crippen molar-refractivity contribution in [2.24, 2.45) is 0 Å². The van der Waals surface area contributed by atoms with Crippen molar-refractivity contribution in [1.82, 2.24) is 5.32 Å². The predicted octanol–water partition coefficient (Wildman–Crippen LogP) is 1.72. The number of carbonyl (C=O) groups excluding carboxylic acids is 1. The molecule has 1 N–H and O–H groups in total. The second-order valence-corrected chi connectivity index (χ2v) is 3.24. The summed E-state index contributed by atoms with van der Waals surface area (Å²) in [6.07, 6.45) is 4.56. The van der Waals surface area contributed by atoms with E-state index in [1.54, 1.807) is 14.0 Å². The van der Waals surface area contributed by atoms with Gasteiger partial charge in [-0.05, 0) is 20.4 Å². The molecule has 0 amide bonds. The van der Waals surface area contributed by atoms with Crippen LogP contribution in [-0.4, -0.2) is 25.7 Å². The molecule has 0 saturated heterocycles. The highest BCUT2D eigenvalue weighted by Crippen LogP contribution is 1.99. The van der Waals surface area contributed by atoms with Crippen LogP contribution in [0.1, 0.15) is 39.5 Å². The molecule has 0 radical (unpaired) electrons. The summed E-state index contributed by atoms with van der Waals surface area (Å²) in [5, 5.41) is 2.84. The summed E-state index contributed by atoms with van der Waals surface area (Å²) >= 11 is 0. The van der Waals surface area contributed by atoms with Crippen molar-refractivity contribution in [2.75, 3.05) is 13.7 Å². The Labute approximate surface area is 80.8 Å². The molecule has 78 valence electrons. The third-order valence-corrected chi connectivity index (χ3v) is 2.03. The zero-order chi connectivity index (χ0) is 10.1. The lowest BCUT2D eigenvalue weighted by atomic mass is 10.2. The number of unbranched alkanes of at least 4 members (excludes halogenated alkanes) is 3. The first-order valence-electron chi connectivity index (χ1n) is 5.06. The molecule has 0 unspecified atom stereocenters. The van der Waals surface area contributed by atoms with Gasteiger partial charge in [-0.25, -0.2) is 0 Å². The molecule has 0 aliphatic heterocycles. The van der Waals surface area contributed by atoms with Gasteiger partial charge in [0.05, 0.1) is 6.61 Å². The summed E-state index contributed by atoms with van der Waals surface area (Å²) in [6.45, 7) is 4.52. The summed E-state index contributed by atoms with van der Waals surface area (Å²) in [5.74, 6) is -0.154. The minimum absolute atomic E-state index is 0.154. The van der Waals surface area contributed by atoms with Gasteiger partial charge in [0.2, 0.25) is 0 Å². The van der Waals surface area contributed by atoms with Crippen LogP contribution in [0.25, 0.3) is 0 Å². The third-order valence-electron chi connectivity index (χ3n) is 2.03. The number of rotatable bonds is 7. The first-order valence-corrected chi connectivity index (χ1v) is 5.06. The van der Waals surface area contributed by atoms with E-state index in [-0.39, 0.29) is 12.0 Å². The molecule has 0 fully saturated rings. The lowest BCUT2D eigenvalue weighted by Gasteiger charge is -2.09. The van der Waals surface area contributed by atoms with Gasteiger partial charge in [0.1, 0.15) is 6.04 Å². The number of hydrogen-bond acceptors (Lipinski definition) is 3. The Kier molecular flexibility index (Phi) is 7.69. The Bertz CT molecular complexity index is 137. The fourth-order valence-corrected chi connectivity index (χ4v) is 0.944. The molecule has 0 aromatic heterocycles. The molecule has 0 rings (SSSR count). The minimum atomic E-state index is -0.189. The second kappa shape index (κ2) is 8.05. The van der Waals surface area contributed by atoms with Gasteiger partial charge in [0.15, 0.2) is 0 Å². The van der Waals surface area contributed by atoms with E-state index in [1.165, 1.54) is 12.8 Å². The van der Waals surface area contributed by atoms with Crippen molar-refractivity contribution >= 4 is 5.97 Å². The van der Waals surface area contributed by atoms with Crippen LogP contribution in [0.2, 0.25) is 0 Å². The molecular weight excluding hydrogens is 166 g/mol. The van der Waals surface area contributed by atoms with Crippen LogP contribution < -0.4 is 5.32 Å². The molecule has 3 nitrogen and oxygen atoms in total. The molecule has 13 heavy (non-hydrogen) atoms. The van der Waals surface area contributed by atoms with Gasteiger partial charge >= 0.3 is 5.97 Å². The number of nitrogens with one attached hydrogen (secondary N) is 1.